The fourth-order valence-electron chi connectivity index (χ4n) is 4.15. The van der Waals surface area contributed by atoms with Gasteiger partial charge in [-0.05, 0) is 53.0 Å². The van der Waals surface area contributed by atoms with E-state index in [1.807, 2.05) is 19.1 Å². The molecule has 2 aromatic heterocycles. The molecule has 0 saturated heterocycles. The molecule has 0 saturated carbocycles. The van der Waals surface area contributed by atoms with Crippen LogP contribution in [-0.4, -0.2) is 36.2 Å². The zero-order chi connectivity index (χ0) is 21.7. The number of rotatable bonds is 10. The highest BCUT2D eigenvalue weighted by molar-refractivity contribution is 5.97. The molecule has 5 nitrogen and oxygen atoms in total. The molecule has 0 fully saturated rings. The van der Waals surface area contributed by atoms with E-state index >= 15 is 0 Å². The van der Waals surface area contributed by atoms with Crippen molar-refractivity contribution in [3.05, 3.63) is 59.0 Å². The van der Waals surface area contributed by atoms with E-state index < -0.39 is 0 Å². The van der Waals surface area contributed by atoms with Crippen LogP contribution in [0.5, 0.6) is 0 Å². The fraction of sp³-hybridized carbons (Fsp3) is 0.480. The Morgan fingerprint density at radius 1 is 1.17 bits per heavy atom. The van der Waals surface area contributed by atoms with Gasteiger partial charge in [-0.25, -0.2) is 0 Å². The van der Waals surface area contributed by atoms with Gasteiger partial charge in [-0.3, -0.25) is 4.79 Å². The normalized spacial score (nSPS) is 12.6. The lowest BCUT2D eigenvalue weighted by molar-refractivity contribution is -0.896. The van der Waals surface area contributed by atoms with Gasteiger partial charge in [-0.15, -0.1) is 0 Å². The van der Waals surface area contributed by atoms with E-state index in [4.69, 9.17) is 4.42 Å². The van der Waals surface area contributed by atoms with E-state index in [1.165, 1.54) is 11.1 Å². The van der Waals surface area contributed by atoms with Gasteiger partial charge in [0.1, 0.15) is 11.5 Å². The molecular weight excluding hydrogens is 374 g/mol. The average molecular weight is 411 g/mol. The molecule has 162 valence electrons. The molecule has 30 heavy (non-hydrogen) atoms. The third kappa shape index (κ3) is 5.33. The van der Waals surface area contributed by atoms with E-state index in [2.05, 4.69) is 61.8 Å². The lowest BCUT2D eigenvalue weighted by atomic mass is 10.1. The Kier molecular flexibility index (Phi) is 7.38. The summed E-state index contributed by atoms with van der Waals surface area (Å²) in [5, 5.41) is 3.20. The summed E-state index contributed by atoms with van der Waals surface area (Å²) in [5.74, 6) is 0.826. The minimum Gasteiger partial charge on any atom is -0.460 e. The molecule has 3 aromatic rings. The molecule has 0 bridgehead atoms. The first kappa shape index (κ1) is 22.2. The van der Waals surface area contributed by atoms with Crippen LogP contribution < -0.4 is 10.2 Å². The van der Waals surface area contributed by atoms with Gasteiger partial charge in [-0.2, -0.15) is 0 Å². The molecule has 0 aliphatic rings. The first-order chi connectivity index (χ1) is 14.4. The van der Waals surface area contributed by atoms with Crippen LogP contribution >= 0.6 is 0 Å². The lowest BCUT2D eigenvalue weighted by Gasteiger charge is -2.18. The molecule has 1 atom stereocenters. The number of amides is 1. The highest BCUT2D eigenvalue weighted by atomic mass is 16.3. The third-order valence-corrected chi connectivity index (χ3v) is 5.91. The SMILES string of the molecule is CC[NH+](CC)CCC[C@H](C)NC(=O)c1cc2oc(C)cc2n1Cc1cccc(C)c1. The molecule has 3 rings (SSSR count). The van der Waals surface area contributed by atoms with Crippen molar-refractivity contribution in [3.63, 3.8) is 0 Å². The second-order valence-corrected chi connectivity index (χ2v) is 8.44. The van der Waals surface area contributed by atoms with Crippen LogP contribution in [-0.2, 0) is 6.54 Å². The van der Waals surface area contributed by atoms with Gasteiger partial charge in [-0.1, -0.05) is 29.8 Å². The highest BCUT2D eigenvalue weighted by Gasteiger charge is 2.20. The molecule has 0 spiro atoms. The number of hydrogen-bond donors (Lipinski definition) is 2. The minimum atomic E-state index is -0.0330. The Morgan fingerprint density at radius 2 is 1.93 bits per heavy atom. The van der Waals surface area contributed by atoms with Crippen LogP contribution in [0, 0.1) is 13.8 Å². The van der Waals surface area contributed by atoms with Gasteiger partial charge in [0.25, 0.3) is 5.91 Å². The summed E-state index contributed by atoms with van der Waals surface area (Å²) < 4.78 is 7.89. The van der Waals surface area contributed by atoms with Gasteiger partial charge in [0.2, 0.25) is 0 Å². The molecule has 0 radical (unpaired) electrons. The summed E-state index contributed by atoms with van der Waals surface area (Å²) in [6.07, 6.45) is 2.10. The Labute approximate surface area is 180 Å². The Bertz CT molecular complexity index is 982. The summed E-state index contributed by atoms with van der Waals surface area (Å²) in [6.45, 7) is 14.7. The topological polar surface area (TPSA) is 51.6 Å². The summed E-state index contributed by atoms with van der Waals surface area (Å²) in [6, 6.07) is 12.4. The summed E-state index contributed by atoms with van der Waals surface area (Å²) in [7, 11) is 0. The van der Waals surface area contributed by atoms with Crippen molar-refractivity contribution in [2.45, 2.75) is 60.0 Å². The quantitative estimate of drug-likeness (QED) is 0.535. The molecular formula is C25H36N3O2+. The number of nitrogens with zero attached hydrogens (tertiary/aromatic N) is 1. The van der Waals surface area contributed by atoms with E-state index in [0.29, 0.717) is 12.2 Å². The number of nitrogens with one attached hydrogen (secondary N) is 2. The number of aryl methyl sites for hydroxylation is 2. The van der Waals surface area contributed by atoms with Crippen LogP contribution in [0.1, 0.15) is 61.0 Å². The van der Waals surface area contributed by atoms with Gasteiger partial charge in [0, 0.05) is 24.7 Å². The number of fused-ring (bicyclic) bond motifs is 1. The standard InChI is InChI=1S/C25H35N3O2/c1-6-27(7-2)13-9-11-19(4)26-25(29)23-16-24-22(15-20(5)30-24)28(23)17-21-12-8-10-18(3)14-21/h8,10,12,14-16,19H,6-7,9,11,13,17H2,1-5H3,(H,26,29)/p+1/t19-/m0/s1. The number of benzene rings is 1. The molecule has 2 N–H and O–H groups in total. The first-order valence-electron chi connectivity index (χ1n) is 11.2. The average Bonchev–Trinajstić information content (AvgIpc) is 3.22. The van der Waals surface area contributed by atoms with Gasteiger partial charge in [0.15, 0.2) is 5.58 Å². The second kappa shape index (κ2) is 9.98. The van der Waals surface area contributed by atoms with Crippen molar-refractivity contribution < 1.29 is 14.1 Å². The van der Waals surface area contributed by atoms with Crippen LogP contribution in [0.3, 0.4) is 0 Å². The molecule has 5 heteroatoms. The Hall–Kier alpha value is -2.53. The first-order valence-corrected chi connectivity index (χ1v) is 11.2. The van der Waals surface area contributed by atoms with Crippen molar-refractivity contribution in [1.29, 1.82) is 0 Å². The monoisotopic (exact) mass is 410 g/mol. The summed E-state index contributed by atoms with van der Waals surface area (Å²) in [5.41, 5.74) is 4.79. The summed E-state index contributed by atoms with van der Waals surface area (Å²) in [4.78, 5) is 14.7. The number of aromatic nitrogens is 1. The zero-order valence-corrected chi connectivity index (χ0v) is 19.0. The minimum absolute atomic E-state index is 0.0330. The van der Waals surface area contributed by atoms with Crippen molar-refractivity contribution in [3.8, 4) is 0 Å². The van der Waals surface area contributed by atoms with Crippen LogP contribution in [0.2, 0.25) is 0 Å². The zero-order valence-electron chi connectivity index (χ0n) is 19.0. The van der Waals surface area contributed by atoms with E-state index in [9.17, 15) is 4.79 Å². The number of carbonyl (C=O) groups excluding carboxylic acids is 1. The van der Waals surface area contributed by atoms with E-state index in [1.54, 1.807) is 4.90 Å². The van der Waals surface area contributed by atoms with Crippen molar-refractivity contribution in [1.82, 2.24) is 9.88 Å². The summed E-state index contributed by atoms with van der Waals surface area (Å²) >= 11 is 0. The maximum atomic E-state index is 13.1. The largest absolute Gasteiger partial charge is 0.460 e. The smallest absolute Gasteiger partial charge is 0.268 e. The van der Waals surface area contributed by atoms with Crippen LogP contribution in [0.25, 0.3) is 11.1 Å². The maximum Gasteiger partial charge on any atom is 0.268 e. The van der Waals surface area contributed by atoms with Gasteiger partial charge < -0.3 is 19.2 Å². The predicted molar refractivity (Wildman–Crippen MR) is 122 cm³/mol. The molecule has 0 aliphatic heterocycles. The Morgan fingerprint density at radius 3 is 2.63 bits per heavy atom. The number of furan rings is 1. The third-order valence-electron chi connectivity index (χ3n) is 5.91. The molecule has 2 heterocycles. The molecule has 0 unspecified atom stereocenters. The Balaban J connectivity index is 1.74. The van der Waals surface area contributed by atoms with Gasteiger partial charge >= 0.3 is 0 Å². The number of carbonyl (C=O) groups is 1. The second-order valence-electron chi connectivity index (χ2n) is 8.44. The predicted octanol–water partition coefficient (Wildman–Crippen LogP) is 3.72. The van der Waals surface area contributed by atoms with Crippen molar-refractivity contribution in [2.24, 2.45) is 0 Å². The fourth-order valence-corrected chi connectivity index (χ4v) is 4.15. The van der Waals surface area contributed by atoms with Crippen LogP contribution in [0.15, 0.2) is 40.8 Å². The number of hydrogen-bond acceptors (Lipinski definition) is 2. The number of quaternary nitrogens is 1. The van der Waals surface area contributed by atoms with Crippen molar-refractivity contribution in [2.75, 3.05) is 19.6 Å². The molecule has 1 amide bonds. The van der Waals surface area contributed by atoms with E-state index in [-0.39, 0.29) is 11.9 Å². The van der Waals surface area contributed by atoms with Crippen LogP contribution in [0.4, 0.5) is 0 Å². The molecule has 1 aromatic carbocycles. The molecule has 0 aliphatic carbocycles. The van der Waals surface area contributed by atoms with Gasteiger partial charge in [0.05, 0.1) is 25.2 Å². The highest BCUT2D eigenvalue weighted by Crippen LogP contribution is 2.25. The van der Waals surface area contributed by atoms with Crippen molar-refractivity contribution >= 4 is 17.0 Å². The lowest BCUT2D eigenvalue weighted by Crippen LogP contribution is -3.11. The maximum absolute atomic E-state index is 13.1. The van der Waals surface area contributed by atoms with E-state index in [0.717, 1.165) is 49.3 Å².